The van der Waals surface area contributed by atoms with Gasteiger partial charge in [-0.15, -0.1) is 24.0 Å². The molecule has 2 rings (SSSR count). The molecule has 2 N–H and O–H groups in total. The van der Waals surface area contributed by atoms with Gasteiger partial charge >= 0.3 is 0 Å². The van der Waals surface area contributed by atoms with E-state index in [1.54, 1.807) is 13.2 Å². The van der Waals surface area contributed by atoms with Crippen molar-refractivity contribution in [1.82, 2.24) is 15.6 Å². The maximum absolute atomic E-state index is 5.86. The van der Waals surface area contributed by atoms with Crippen LogP contribution >= 0.6 is 35.6 Å². The number of hydrogen-bond donors (Lipinski definition) is 2. The Morgan fingerprint density at radius 3 is 2.58 bits per heavy atom. The lowest BCUT2D eigenvalue weighted by molar-refractivity contribution is 0.224. The highest BCUT2D eigenvalue weighted by Crippen LogP contribution is 2.16. The first-order chi connectivity index (χ1) is 11.2. The fraction of sp³-hybridized carbons (Fsp3) is 0.294. The van der Waals surface area contributed by atoms with Crippen molar-refractivity contribution >= 4 is 41.5 Å². The summed E-state index contributed by atoms with van der Waals surface area (Å²) < 4.78 is 5.81. The Bertz CT molecular complexity index is 622. The molecule has 0 saturated heterocycles. The zero-order chi connectivity index (χ0) is 16.5. The quantitative estimate of drug-likeness (QED) is 0.394. The molecule has 0 radical (unpaired) electrons. The molecule has 5 nitrogen and oxygen atoms in total. The molecule has 1 heterocycles. The van der Waals surface area contributed by atoms with Crippen molar-refractivity contribution in [3.63, 3.8) is 0 Å². The highest BCUT2D eigenvalue weighted by atomic mass is 127. The van der Waals surface area contributed by atoms with Crippen LogP contribution in [0.15, 0.2) is 53.7 Å². The topological polar surface area (TPSA) is 58.5 Å². The predicted octanol–water partition coefficient (Wildman–Crippen LogP) is 3.49. The van der Waals surface area contributed by atoms with E-state index in [-0.39, 0.29) is 30.1 Å². The summed E-state index contributed by atoms with van der Waals surface area (Å²) in [5.74, 6) is 1.50. The van der Waals surface area contributed by atoms with Crippen molar-refractivity contribution in [2.75, 3.05) is 13.6 Å². The number of nitrogens with zero attached hydrogens (tertiary/aromatic N) is 2. The van der Waals surface area contributed by atoms with Crippen molar-refractivity contribution in [2.45, 2.75) is 19.6 Å². The Hall–Kier alpha value is -1.54. The van der Waals surface area contributed by atoms with Gasteiger partial charge in [0.2, 0.25) is 0 Å². The van der Waals surface area contributed by atoms with Crippen LogP contribution in [0.4, 0.5) is 0 Å². The van der Waals surface area contributed by atoms with Crippen molar-refractivity contribution in [3.8, 4) is 5.75 Å². The summed E-state index contributed by atoms with van der Waals surface area (Å²) in [6, 6.07) is 13.1. The van der Waals surface area contributed by atoms with Gasteiger partial charge in [0.1, 0.15) is 11.9 Å². The van der Waals surface area contributed by atoms with Gasteiger partial charge in [0.15, 0.2) is 5.96 Å². The van der Waals surface area contributed by atoms with Crippen LogP contribution in [0.2, 0.25) is 5.02 Å². The molecule has 2 aromatic rings. The third-order valence-electron chi connectivity index (χ3n) is 3.09. The number of benzene rings is 1. The summed E-state index contributed by atoms with van der Waals surface area (Å²) >= 11 is 5.86. The van der Waals surface area contributed by atoms with E-state index >= 15 is 0 Å². The normalized spacial score (nSPS) is 12.0. The number of aromatic nitrogens is 1. The second-order valence-corrected chi connectivity index (χ2v) is 5.45. The second-order valence-electron chi connectivity index (χ2n) is 5.01. The van der Waals surface area contributed by atoms with Gasteiger partial charge in [0, 0.05) is 18.3 Å². The molecular weight excluding hydrogens is 439 g/mol. The van der Waals surface area contributed by atoms with Gasteiger partial charge in [-0.05, 0) is 43.3 Å². The van der Waals surface area contributed by atoms with Crippen molar-refractivity contribution in [2.24, 2.45) is 4.99 Å². The molecule has 0 amide bonds. The molecule has 1 aromatic heterocycles. The van der Waals surface area contributed by atoms with Gasteiger partial charge in [-0.1, -0.05) is 17.7 Å². The maximum atomic E-state index is 5.86. The molecule has 1 atom stereocenters. The number of halogens is 2. The van der Waals surface area contributed by atoms with Crippen molar-refractivity contribution in [3.05, 3.63) is 59.4 Å². The van der Waals surface area contributed by atoms with Crippen LogP contribution in [0, 0.1) is 0 Å². The van der Waals surface area contributed by atoms with Crippen molar-refractivity contribution in [1.29, 1.82) is 0 Å². The third kappa shape index (κ3) is 7.35. The zero-order valence-electron chi connectivity index (χ0n) is 13.7. The Balaban J connectivity index is 0.00000288. The smallest absolute Gasteiger partial charge is 0.191 e. The first-order valence-corrected chi connectivity index (χ1v) is 7.82. The number of ether oxygens (including phenoxy) is 1. The molecular formula is C17H22ClIN4O. The first kappa shape index (κ1) is 20.5. The summed E-state index contributed by atoms with van der Waals surface area (Å²) in [6.07, 6.45) is 1.76. The SMILES string of the molecule is CN=C(NCc1ccccn1)NCC(C)Oc1ccc(Cl)cc1.I. The van der Waals surface area contributed by atoms with E-state index in [0.717, 1.165) is 11.4 Å². The van der Waals surface area contributed by atoms with Crippen LogP contribution in [0.3, 0.4) is 0 Å². The van der Waals surface area contributed by atoms with Crippen LogP contribution in [0.5, 0.6) is 5.75 Å². The molecule has 130 valence electrons. The fourth-order valence-electron chi connectivity index (χ4n) is 1.93. The Morgan fingerprint density at radius 1 is 1.21 bits per heavy atom. The monoisotopic (exact) mass is 460 g/mol. The molecule has 1 unspecified atom stereocenters. The minimum absolute atomic E-state index is 0. The van der Waals surface area contributed by atoms with Gasteiger partial charge in [0.25, 0.3) is 0 Å². The first-order valence-electron chi connectivity index (χ1n) is 7.44. The minimum atomic E-state index is -0.00965. The Kier molecular flexibility index (Phi) is 9.48. The van der Waals surface area contributed by atoms with E-state index in [2.05, 4.69) is 20.6 Å². The molecule has 0 fully saturated rings. The van der Waals surface area contributed by atoms with Crippen molar-refractivity contribution < 1.29 is 4.74 Å². The van der Waals surface area contributed by atoms with E-state index in [0.29, 0.717) is 24.1 Å². The van der Waals surface area contributed by atoms with E-state index < -0.39 is 0 Å². The second kappa shape index (κ2) is 11.1. The van der Waals surface area contributed by atoms with Crippen LogP contribution < -0.4 is 15.4 Å². The van der Waals surface area contributed by atoms with E-state index in [4.69, 9.17) is 16.3 Å². The number of pyridine rings is 1. The van der Waals surface area contributed by atoms with E-state index in [1.807, 2.05) is 49.4 Å². The highest BCUT2D eigenvalue weighted by molar-refractivity contribution is 14.0. The molecule has 0 spiro atoms. The molecule has 0 aliphatic heterocycles. The summed E-state index contributed by atoms with van der Waals surface area (Å²) in [5.41, 5.74) is 0.959. The van der Waals surface area contributed by atoms with Crippen LogP contribution in [-0.2, 0) is 6.54 Å². The van der Waals surface area contributed by atoms with Crippen LogP contribution in [-0.4, -0.2) is 30.6 Å². The summed E-state index contributed by atoms with van der Waals surface area (Å²) in [4.78, 5) is 8.45. The van der Waals surface area contributed by atoms with E-state index in [9.17, 15) is 0 Å². The molecule has 0 bridgehead atoms. The van der Waals surface area contributed by atoms with Gasteiger partial charge in [0.05, 0.1) is 18.8 Å². The fourth-order valence-corrected chi connectivity index (χ4v) is 2.05. The summed E-state index contributed by atoms with van der Waals surface area (Å²) in [5, 5.41) is 7.14. The van der Waals surface area contributed by atoms with Crippen LogP contribution in [0.1, 0.15) is 12.6 Å². The van der Waals surface area contributed by atoms with Gasteiger partial charge < -0.3 is 15.4 Å². The third-order valence-corrected chi connectivity index (χ3v) is 3.35. The average molecular weight is 461 g/mol. The zero-order valence-corrected chi connectivity index (χ0v) is 16.8. The predicted molar refractivity (Wildman–Crippen MR) is 109 cm³/mol. The van der Waals surface area contributed by atoms with Gasteiger partial charge in [-0.3, -0.25) is 9.98 Å². The lowest BCUT2D eigenvalue weighted by Gasteiger charge is -2.17. The molecule has 0 aliphatic rings. The Labute approximate surface area is 164 Å². The van der Waals surface area contributed by atoms with Crippen LogP contribution in [0.25, 0.3) is 0 Å². The van der Waals surface area contributed by atoms with E-state index in [1.165, 1.54) is 0 Å². The van der Waals surface area contributed by atoms with Gasteiger partial charge in [-0.2, -0.15) is 0 Å². The number of nitrogens with one attached hydrogen (secondary N) is 2. The standard InChI is InChI=1S/C17H21ClN4O.HI/c1-13(23-16-8-6-14(18)7-9-16)11-21-17(19-2)22-12-15-5-3-4-10-20-15;/h3-10,13H,11-12H2,1-2H3,(H2,19,21,22);1H. The average Bonchev–Trinajstić information content (AvgIpc) is 2.58. The number of rotatable bonds is 6. The maximum Gasteiger partial charge on any atom is 0.191 e. The number of guanidine groups is 1. The lowest BCUT2D eigenvalue weighted by atomic mass is 10.3. The highest BCUT2D eigenvalue weighted by Gasteiger charge is 2.06. The lowest BCUT2D eigenvalue weighted by Crippen LogP contribution is -2.41. The molecule has 0 saturated carbocycles. The number of aliphatic imine (C=N–C) groups is 1. The molecule has 1 aromatic carbocycles. The molecule has 7 heteroatoms. The summed E-state index contributed by atoms with van der Waals surface area (Å²) in [6.45, 7) is 3.24. The Morgan fingerprint density at radius 2 is 1.96 bits per heavy atom. The molecule has 0 aliphatic carbocycles. The number of hydrogen-bond acceptors (Lipinski definition) is 3. The molecule has 24 heavy (non-hydrogen) atoms. The largest absolute Gasteiger partial charge is 0.489 e. The summed E-state index contributed by atoms with van der Waals surface area (Å²) in [7, 11) is 1.73. The van der Waals surface area contributed by atoms with Gasteiger partial charge in [-0.25, -0.2) is 0 Å². The minimum Gasteiger partial charge on any atom is -0.489 e.